The van der Waals surface area contributed by atoms with E-state index in [0.717, 1.165) is 22.5 Å². The van der Waals surface area contributed by atoms with Gasteiger partial charge in [-0.3, -0.25) is 4.79 Å². The zero-order valence-electron chi connectivity index (χ0n) is 15.0. The van der Waals surface area contributed by atoms with Gasteiger partial charge in [0, 0.05) is 24.4 Å². The van der Waals surface area contributed by atoms with Crippen molar-refractivity contribution >= 4 is 17.2 Å². The van der Waals surface area contributed by atoms with Gasteiger partial charge in [-0.15, -0.1) is 0 Å². The average Bonchev–Trinajstić information content (AvgIpc) is 2.99. The first-order valence-electron chi connectivity index (χ1n) is 8.40. The van der Waals surface area contributed by atoms with E-state index in [4.69, 9.17) is 9.72 Å². The van der Waals surface area contributed by atoms with E-state index < -0.39 is 0 Å². The molecule has 0 unspecified atom stereocenters. The highest BCUT2D eigenvalue weighted by Crippen LogP contribution is 2.31. The van der Waals surface area contributed by atoms with E-state index in [-0.39, 0.29) is 5.91 Å². The third-order valence-electron chi connectivity index (χ3n) is 4.04. The first kappa shape index (κ1) is 17.0. The normalized spacial score (nSPS) is 11.1. The van der Waals surface area contributed by atoms with Gasteiger partial charge in [-0.2, -0.15) is 0 Å². The third-order valence-corrected chi connectivity index (χ3v) is 4.04. The molecule has 0 bridgehead atoms. The van der Waals surface area contributed by atoms with Gasteiger partial charge in [0.15, 0.2) is 0 Å². The maximum absolute atomic E-state index is 12.1. The number of aromatic nitrogens is 2. The van der Waals surface area contributed by atoms with Crippen molar-refractivity contribution in [2.24, 2.45) is 5.92 Å². The molecule has 130 valence electrons. The van der Waals surface area contributed by atoms with E-state index in [1.165, 1.54) is 0 Å². The van der Waals surface area contributed by atoms with Crippen LogP contribution in [0.25, 0.3) is 16.9 Å². The second kappa shape index (κ2) is 6.97. The SMILES string of the molecule is COc1ccc(-c2cn3cccc(C)c3n2)cc1NC(=O)CC(C)C. The molecule has 2 heterocycles. The first-order chi connectivity index (χ1) is 12.0. The first-order valence-corrected chi connectivity index (χ1v) is 8.40. The van der Waals surface area contributed by atoms with Crippen LogP contribution in [0.2, 0.25) is 0 Å². The van der Waals surface area contributed by atoms with E-state index >= 15 is 0 Å². The van der Waals surface area contributed by atoms with E-state index in [1.807, 2.05) is 67.9 Å². The molecule has 0 saturated carbocycles. The van der Waals surface area contributed by atoms with Gasteiger partial charge < -0.3 is 14.5 Å². The molecule has 1 amide bonds. The molecule has 1 N–H and O–H groups in total. The van der Waals surface area contributed by atoms with Gasteiger partial charge in [-0.25, -0.2) is 4.98 Å². The number of carbonyl (C=O) groups excluding carboxylic acids is 1. The van der Waals surface area contributed by atoms with Crippen molar-refractivity contribution in [3.05, 3.63) is 48.3 Å². The summed E-state index contributed by atoms with van der Waals surface area (Å²) in [6.07, 6.45) is 4.44. The number of nitrogens with one attached hydrogen (secondary N) is 1. The predicted octanol–water partition coefficient (Wildman–Crippen LogP) is 4.30. The fourth-order valence-electron chi connectivity index (χ4n) is 2.83. The van der Waals surface area contributed by atoms with Crippen molar-refractivity contribution in [1.29, 1.82) is 0 Å². The molecule has 25 heavy (non-hydrogen) atoms. The van der Waals surface area contributed by atoms with Crippen LogP contribution < -0.4 is 10.1 Å². The molecule has 0 atom stereocenters. The molecule has 0 radical (unpaired) electrons. The number of hydrogen-bond acceptors (Lipinski definition) is 3. The smallest absolute Gasteiger partial charge is 0.224 e. The molecule has 0 aliphatic heterocycles. The number of benzene rings is 1. The molecule has 0 fully saturated rings. The van der Waals surface area contributed by atoms with Crippen LogP contribution in [0.15, 0.2) is 42.7 Å². The lowest BCUT2D eigenvalue weighted by atomic mass is 10.1. The number of amides is 1. The summed E-state index contributed by atoms with van der Waals surface area (Å²) in [6, 6.07) is 9.76. The second-order valence-electron chi connectivity index (χ2n) is 6.61. The number of aryl methyl sites for hydroxylation is 1. The van der Waals surface area contributed by atoms with Crippen molar-refractivity contribution in [3.63, 3.8) is 0 Å². The minimum absolute atomic E-state index is 0.0173. The Morgan fingerprint density at radius 2 is 2.12 bits per heavy atom. The highest BCUT2D eigenvalue weighted by molar-refractivity contribution is 5.93. The molecule has 0 aliphatic carbocycles. The predicted molar refractivity (Wildman–Crippen MR) is 100 cm³/mol. The van der Waals surface area contributed by atoms with Crippen LogP contribution in [0, 0.1) is 12.8 Å². The fourth-order valence-corrected chi connectivity index (χ4v) is 2.83. The Bertz CT molecular complexity index is 912. The zero-order valence-corrected chi connectivity index (χ0v) is 15.0. The minimum Gasteiger partial charge on any atom is -0.495 e. The number of hydrogen-bond donors (Lipinski definition) is 1. The Kier molecular flexibility index (Phi) is 4.74. The molecule has 0 aliphatic rings. The summed E-state index contributed by atoms with van der Waals surface area (Å²) in [6.45, 7) is 6.08. The van der Waals surface area contributed by atoms with E-state index in [2.05, 4.69) is 5.32 Å². The number of anilines is 1. The molecule has 5 heteroatoms. The van der Waals surface area contributed by atoms with E-state index in [0.29, 0.717) is 23.8 Å². The zero-order chi connectivity index (χ0) is 18.0. The number of nitrogens with zero attached hydrogens (tertiary/aromatic N) is 2. The van der Waals surface area contributed by atoms with Gasteiger partial charge in [0.2, 0.25) is 5.91 Å². The summed E-state index contributed by atoms with van der Waals surface area (Å²) in [7, 11) is 1.60. The number of carbonyl (C=O) groups is 1. The minimum atomic E-state index is -0.0173. The topological polar surface area (TPSA) is 55.6 Å². The number of imidazole rings is 1. The maximum atomic E-state index is 12.1. The maximum Gasteiger partial charge on any atom is 0.224 e. The lowest BCUT2D eigenvalue weighted by Crippen LogP contribution is -2.14. The van der Waals surface area contributed by atoms with Gasteiger partial charge in [-0.1, -0.05) is 19.9 Å². The number of rotatable bonds is 5. The Labute approximate surface area is 147 Å². The van der Waals surface area contributed by atoms with Crippen LogP contribution in [-0.2, 0) is 4.79 Å². The van der Waals surface area contributed by atoms with Crippen LogP contribution in [0.3, 0.4) is 0 Å². The molecule has 0 saturated heterocycles. The summed E-state index contributed by atoms with van der Waals surface area (Å²) >= 11 is 0. The molecule has 5 nitrogen and oxygen atoms in total. The standard InChI is InChI=1S/C20H23N3O2/c1-13(2)10-19(24)21-16-11-15(7-8-18(16)25-4)17-12-23-9-5-6-14(3)20(23)22-17/h5-9,11-13H,10H2,1-4H3,(H,21,24). The Balaban J connectivity index is 1.97. The average molecular weight is 337 g/mol. The summed E-state index contributed by atoms with van der Waals surface area (Å²) < 4.78 is 7.39. The van der Waals surface area contributed by atoms with Crippen molar-refractivity contribution in [2.45, 2.75) is 27.2 Å². The lowest BCUT2D eigenvalue weighted by Gasteiger charge is -2.12. The highest BCUT2D eigenvalue weighted by atomic mass is 16.5. The largest absolute Gasteiger partial charge is 0.495 e. The van der Waals surface area contributed by atoms with Crippen molar-refractivity contribution < 1.29 is 9.53 Å². The summed E-state index contributed by atoms with van der Waals surface area (Å²) in [5.41, 5.74) is 4.51. The van der Waals surface area contributed by atoms with Gasteiger partial charge in [0.25, 0.3) is 0 Å². The Hall–Kier alpha value is -2.82. The highest BCUT2D eigenvalue weighted by Gasteiger charge is 2.13. The van der Waals surface area contributed by atoms with Gasteiger partial charge in [-0.05, 0) is 42.7 Å². The monoisotopic (exact) mass is 337 g/mol. The molecule has 3 rings (SSSR count). The molecule has 2 aromatic heterocycles. The number of methoxy groups -OCH3 is 1. The summed E-state index contributed by atoms with van der Waals surface area (Å²) in [5, 5.41) is 2.95. The van der Waals surface area contributed by atoms with Gasteiger partial charge >= 0.3 is 0 Å². The Morgan fingerprint density at radius 3 is 2.80 bits per heavy atom. The molecule has 1 aromatic carbocycles. The van der Waals surface area contributed by atoms with Crippen LogP contribution in [0.4, 0.5) is 5.69 Å². The number of ether oxygens (including phenoxy) is 1. The number of pyridine rings is 1. The molecule has 3 aromatic rings. The van der Waals surface area contributed by atoms with Crippen molar-refractivity contribution in [2.75, 3.05) is 12.4 Å². The summed E-state index contributed by atoms with van der Waals surface area (Å²) in [5.74, 6) is 0.924. The van der Waals surface area contributed by atoms with Gasteiger partial charge in [0.1, 0.15) is 11.4 Å². The lowest BCUT2D eigenvalue weighted by molar-refractivity contribution is -0.116. The summed E-state index contributed by atoms with van der Waals surface area (Å²) in [4.78, 5) is 16.9. The molecule has 0 spiro atoms. The fraction of sp³-hybridized carbons (Fsp3) is 0.300. The van der Waals surface area contributed by atoms with Crippen LogP contribution in [-0.4, -0.2) is 22.4 Å². The Morgan fingerprint density at radius 1 is 1.32 bits per heavy atom. The van der Waals surface area contributed by atoms with E-state index in [9.17, 15) is 4.79 Å². The van der Waals surface area contributed by atoms with E-state index in [1.54, 1.807) is 7.11 Å². The molecular weight excluding hydrogens is 314 g/mol. The number of fused-ring (bicyclic) bond motifs is 1. The molecular formula is C20H23N3O2. The third kappa shape index (κ3) is 3.65. The van der Waals surface area contributed by atoms with Crippen LogP contribution in [0.5, 0.6) is 5.75 Å². The van der Waals surface area contributed by atoms with Crippen LogP contribution in [0.1, 0.15) is 25.8 Å². The van der Waals surface area contributed by atoms with Crippen molar-refractivity contribution in [1.82, 2.24) is 9.38 Å². The second-order valence-corrected chi connectivity index (χ2v) is 6.61. The quantitative estimate of drug-likeness (QED) is 0.755. The van der Waals surface area contributed by atoms with Crippen molar-refractivity contribution in [3.8, 4) is 17.0 Å². The van der Waals surface area contributed by atoms with Crippen LogP contribution >= 0.6 is 0 Å². The van der Waals surface area contributed by atoms with Gasteiger partial charge in [0.05, 0.1) is 18.5 Å².